The Morgan fingerprint density at radius 1 is 1.15 bits per heavy atom. The van der Waals surface area contributed by atoms with Crippen LogP contribution in [0.1, 0.15) is 28.2 Å². The lowest BCUT2D eigenvalue weighted by Crippen LogP contribution is -2.56. The Kier molecular flexibility index (Phi) is 5.96. The van der Waals surface area contributed by atoms with Crippen LogP contribution in [0.15, 0.2) is 34.9 Å². The van der Waals surface area contributed by atoms with Crippen molar-refractivity contribution in [3.63, 3.8) is 0 Å². The normalized spacial score (nSPS) is 20.7. The van der Waals surface area contributed by atoms with Gasteiger partial charge in [0.15, 0.2) is 11.5 Å². The predicted molar refractivity (Wildman–Crippen MR) is 132 cm³/mol. The summed E-state index contributed by atoms with van der Waals surface area (Å²) >= 11 is 0. The molecule has 0 radical (unpaired) electrons. The monoisotopic (exact) mass is 488 g/mol. The molecule has 3 N–H and O–H groups in total. The molecule has 184 valence electrons. The summed E-state index contributed by atoms with van der Waals surface area (Å²) < 4.78 is 32.7. The molecule has 34 heavy (non-hydrogen) atoms. The number of rotatable bonds is 7. The summed E-state index contributed by atoms with van der Waals surface area (Å²) in [5, 5.41) is 11.4. The summed E-state index contributed by atoms with van der Waals surface area (Å²) in [4.78, 5) is 11.1. The van der Waals surface area contributed by atoms with E-state index < -0.39 is 10.0 Å². The molecular formula is C22H32N8O3S. The highest BCUT2D eigenvalue weighted by Crippen LogP contribution is 2.35. The van der Waals surface area contributed by atoms with E-state index in [4.69, 9.17) is 10.2 Å². The van der Waals surface area contributed by atoms with Crippen molar-refractivity contribution in [2.75, 3.05) is 36.5 Å². The maximum atomic E-state index is 12.5. The van der Waals surface area contributed by atoms with Crippen molar-refractivity contribution in [2.24, 2.45) is 0 Å². The average Bonchev–Trinajstić information content (AvgIpc) is 3.43. The number of benzene rings is 1. The second kappa shape index (κ2) is 8.93. The predicted octanol–water partition coefficient (Wildman–Crippen LogP) is 1.99. The Morgan fingerprint density at radius 3 is 2.47 bits per heavy atom. The average molecular weight is 489 g/mol. The van der Waals surface area contributed by atoms with E-state index in [1.165, 1.54) is 0 Å². The van der Waals surface area contributed by atoms with Gasteiger partial charge in [0, 0.05) is 40.1 Å². The molecular weight excluding hydrogens is 456 g/mol. The van der Waals surface area contributed by atoms with Crippen LogP contribution >= 0.6 is 0 Å². The first kappa shape index (κ1) is 22.7. The molecule has 0 saturated carbocycles. The molecule has 0 spiro atoms. The van der Waals surface area contributed by atoms with Gasteiger partial charge in [0.05, 0.1) is 11.9 Å². The maximum Gasteiger partial charge on any atom is 0.270 e. The number of sulfonamides is 1. The van der Waals surface area contributed by atoms with Crippen molar-refractivity contribution >= 4 is 21.7 Å². The highest BCUT2D eigenvalue weighted by atomic mass is 32.2. The van der Waals surface area contributed by atoms with Crippen LogP contribution in [0.5, 0.6) is 0 Å². The Bertz CT molecular complexity index is 1270. The third-order valence-corrected chi connectivity index (χ3v) is 8.39. The molecule has 2 atom stereocenters. The van der Waals surface area contributed by atoms with Crippen molar-refractivity contribution < 1.29 is 15.7 Å². The summed E-state index contributed by atoms with van der Waals surface area (Å²) in [7, 11) is -1.34. The van der Waals surface area contributed by atoms with E-state index >= 15 is 0 Å². The van der Waals surface area contributed by atoms with Gasteiger partial charge in [-0.1, -0.05) is 12.1 Å². The van der Waals surface area contributed by atoms with Crippen LogP contribution in [0.2, 0.25) is 0 Å². The molecule has 2 aliphatic rings. The minimum absolute atomic E-state index is 0. The fourth-order valence-electron chi connectivity index (χ4n) is 4.76. The molecule has 2 fully saturated rings. The number of nitrogens with zero attached hydrogens (tertiary/aromatic N) is 6. The van der Waals surface area contributed by atoms with E-state index in [0.29, 0.717) is 30.5 Å². The molecule has 5 rings (SSSR count). The number of hydrogen-bond acceptors (Lipinski definition) is 10. The number of nitrogens with one attached hydrogen (secondary N) is 1. The zero-order chi connectivity index (χ0) is 23.9. The first-order chi connectivity index (χ1) is 16.4. The van der Waals surface area contributed by atoms with Crippen molar-refractivity contribution in [2.45, 2.75) is 38.4 Å². The van der Waals surface area contributed by atoms with Gasteiger partial charge >= 0.3 is 0 Å². The summed E-state index contributed by atoms with van der Waals surface area (Å²) in [5.41, 5.74) is 8.37. The lowest BCUT2D eigenvalue weighted by Gasteiger charge is -2.40. The lowest BCUT2D eigenvalue weighted by atomic mass is 10.1. The minimum Gasteiger partial charge on any atom is -0.414 e. The molecule has 2 aliphatic heterocycles. The molecule has 0 amide bonds. The topological polar surface area (TPSA) is 143 Å². The van der Waals surface area contributed by atoms with Crippen LogP contribution in [-0.2, 0) is 16.6 Å². The standard InChI is InChI=1S/C22H28N8O3S.2H2/c1-3-34(31,32)30-16-8-9-17(30)13-29(12-16)18-11-25-20(23)19(26-18)22-28-27-21(33-22)15-6-4-14(5-7-15)10-24-2;;/h4-7,11,16-17,24H,3,8-10,12-13H2,1-2H3,(H2,23,25);2*1H. The van der Waals surface area contributed by atoms with Gasteiger partial charge in [0.2, 0.25) is 15.9 Å². The minimum atomic E-state index is -3.24. The van der Waals surface area contributed by atoms with Crippen LogP contribution in [0, 0.1) is 0 Å². The van der Waals surface area contributed by atoms with E-state index in [1.807, 2.05) is 31.3 Å². The van der Waals surface area contributed by atoms with Crippen molar-refractivity contribution in [1.82, 2.24) is 29.8 Å². The van der Waals surface area contributed by atoms with Gasteiger partial charge in [-0.2, -0.15) is 4.31 Å². The Morgan fingerprint density at radius 2 is 1.82 bits per heavy atom. The molecule has 12 heteroatoms. The number of fused-ring (bicyclic) bond motifs is 2. The molecule has 2 saturated heterocycles. The first-order valence-corrected chi connectivity index (χ1v) is 13.0. The van der Waals surface area contributed by atoms with Gasteiger partial charge in [-0.25, -0.2) is 18.4 Å². The largest absolute Gasteiger partial charge is 0.414 e. The summed E-state index contributed by atoms with van der Waals surface area (Å²) in [6.07, 6.45) is 3.30. The highest BCUT2D eigenvalue weighted by molar-refractivity contribution is 7.89. The molecule has 1 aromatic carbocycles. The molecule has 3 aromatic rings. The summed E-state index contributed by atoms with van der Waals surface area (Å²) in [5.74, 6) is 1.48. The van der Waals surface area contributed by atoms with Crippen LogP contribution in [0.3, 0.4) is 0 Å². The zero-order valence-electron chi connectivity index (χ0n) is 19.2. The van der Waals surface area contributed by atoms with Gasteiger partial charge in [-0.05, 0) is 44.5 Å². The second-order valence-corrected chi connectivity index (χ2v) is 10.8. The molecule has 2 bridgehead atoms. The van der Waals surface area contributed by atoms with Crippen LogP contribution in [0.25, 0.3) is 23.0 Å². The maximum absolute atomic E-state index is 12.5. The number of nitrogen functional groups attached to an aromatic ring is 1. The van der Waals surface area contributed by atoms with Gasteiger partial charge in [-0.15, -0.1) is 10.2 Å². The SMILES string of the molecule is CCS(=O)(=O)N1C2CCC1CN(c1cnc(N)c(-c3nnc(-c4ccc(CNC)cc4)o3)n1)C2.[HH].[HH]. The van der Waals surface area contributed by atoms with Gasteiger partial charge in [0.25, 0.3) is 5.89 Å². The van der Waals surface area contributed by atoms with E-state index in [1.54, 1.807) is 17.4 Å². The Labute approximate surface area is 201 Å². The zero-order valence-corrected chi connectivity index (χ0v) is 20.0. The van der Waals surface area contributed by atoms with Gasteiger partial charge in [-0.3, -0.25) is 0 Å². The Balaban J connectivity index is 0.00000180. The van der Waals surface area contributed by atoms with E-state index in [2.05, 4.69) is 30.4 Å². The van der Waals surface area contributed by atoms with Crippen molar-refractivity contribution in [3.8, 4) is 23.0 Å². The lowest BCUT2D eigenvalue weighted by molar-refractivity contribution is 0.286. The van der Waals surface area contributed by atoms with Crippen LogP contribution in [0.4, 0.5) is 11.6 Å². The van der Waals surface area contributed by atoms with Crippen LogP contribution in [-0.4, -0.2) is 70.9 Å². The van der Waals surface area contributed by atoms with E-state index in [9.17, 15) is 8.42 Å². The molecule has 11 nitrogen and oxygen atoms in total. The van der Waals surface area contributed by atoms with E-state index in [0.717, 1.165) is 30.5 Å². The van der Waals surface area contributed by atoms with Gasteiger partial charge in [0.1, 0.15) is 5.82 Å². The van der Waals surface area contributed by atoms with Crippen molar-refractivity contribution in [1.29, 1.82) is 0 Å². The third-order valence-electron chi connectivity index (χ3n) is 6.42. The molecule has 2 unspecified atom stereocenters. The summed E-state index contributed by atoms with van der Waals surface area (Å²) in [6.45, 7) is 3.58. The summed E-state index contributed by atoms with van der Waals surface area (Å²) in [6, 6.07) is 7.72. The number of anilines is 2. The van der Waals surface area contributed by atoms with Crippen LogP contribution < -0.4 is 16.0 Å². The number of piperazine rings is 1. The van der Waals surface area contributed by atoms with E-state index in [-0.39, 0.29) is 32.4 Å². The van der Waals surface area contributed by atoms with Gasteiger partial charge < -0.3 is 20.4 Å². The number of nitrogens with two attached hydrogens (primary N) is 1. The third kappa shape index (κ3) is 4.12. The second-order valence-electron chi connectivity index (χ2n) is 8.62. The number of hydrogen-bond donors (Lipinski definition) is 2. The Hall–Kier alpha value is -3.09. The number of aromatic nitrogens is 4. The fraction of sp³-hybridized carbons (Fsp3) is 0.455. The fourth-order valence-corrected chi connectivity index (χ4v) is 6.31. The smallest absolute Gasteiger partial charge is 0.270 e. The van der Waals surface area contributed by atoms with Crippen molar-refractivity contribution in [3.05, 3.63) is 36.0 Å². The molecule has 0 aliphatic carbocycles. The molecule has 2 aromatic heterocycles. The molecule has 4 heterocycles. The first-order valence-electron chi connectivity index (χ1n) is 11.4. The highest BCUT2D eigenvalue weighted by Gasteiger charge is 2.45. The quantitative estimate of drug-likeness (QED) is 0.506.